The van der Waals surface area contributed by atoms with Crippen molar-refractivity contribution in [2.24, 2.45) is 0 Å². The van der Waals surface area contributed by atoms with Crippen LogP contribution in [0.4, 0.5) is 5.82 Å². The fourth-order valence-corrected chi connectivity index (χ4v) is 2.64. The Morgan fingerprint density at radius 1 is 1.19 bits per heavy atom. The van der Waals surface area contributed by atoms with Gasteiger partial charge in [-0.3, -0.25) is 0 Å². The molecule has 0 atom stereocenters. The Hall–Kier alpha value is -1.92. The van der Waals surface area contributed by atoms with Gasteiger partial charge in [-0.2, -0.15) is 0 Å². The summed E-state index contributed by atoms with van der Waals surface area (Å²) in [6.45, 7) is 2.81. The molecular weight excluding hydrogens is 286 g/mol. The first-order valence-electron chi connectivity index (χ1n) is 6.70. The highest BCUT2D eigenvalue weighted by Gasteiger charge is 2.10. The molecule has 6 heteroatoms. The fourth-order valence-electron chi connectivity index (χ4n) is 1.96. The minimum absolute atomic E-state index is 0.161. The van der Waals surface area contributed by atoms with E-state index >= 15 is 0 Å². The van der Waals surface area contributed by atoms with Gasteiger partial charge in [0.1, 0.15) is 10.7 Å². The van der Waals surface area contributed by atoms with Gasteiger partial charge >= 0.3 is 0 Å². The normalized spacial score (nSPS) is 11.3. The summed E-state index contributed by atoms with van der Waals surface area (Å²) in [5.41, 5.74) is 2.50. The van der Waals surface area contributed by atoms with Gasteiger partial charge in [0.2, 0.25) is 10.0 Å². The van der Waals surface area contributed by atoms with Crippen molar-refractivity contribution in [2.45, 2.75) is 18.2 Å². The lowest BCUT2D eigenvalue weighted by atomic mass is 10.1. The van der Waals surface area contributed by atoms with Gasteiger partial charge in [-0.05, 0) is 38.1 Å². The first-order valence-corrected chi connectivity index (χ1v) is 8.18. The van der Waals surface area contributed by atoms with Gasteiger partial charge in [-0.1, -0.05) is 29.8 Å². The summed E-state index contributed by atoms with van der Waals surface area (Å²) in [4.78, 5) is 4.27. The second kappa shape index (κ2) is 6.69. The van der Waals surface area contributed by atoms with Crippen molar-refractivity contribution >= 4 is 15.8 Å². The molecule has 0 saturated carbocycles. The molecule has 0 fully saturated rings. The number of nitrogens with one attached hydrogen (secondary N) is 2. The predicted molar refractivity (Wildman–Crippen MR) is 83.9 cm³/mol. The highest BCUT2D eigenvalue weighted by atomic mass is 32.2. The van der Waals surface area contributed by atoms with E-state index < -0.39 is 10.0 Å². The number of nitrogens with zero attached hydrogens (tertiary/aromatic N) is 1. The number of anilines is 1. The molecule has 0 saturated heterocycles. The van der Waals surface area contributed by atoms with E-state index in [2.05, 4.69) is 40.1 Å². The van der Waals surface area contributed by atoms with E-state index in [0.29, 0.717) is 5.82 Å². The predicted octanol–water partition coefficient (Wildman–Crippen LogP) is 1.95. The second-order valence-electron chi connectivity index (χ2n) is 4.75. The first kappa shape index (κ1) is 15.5. The van der Waals surface area contributed by atoms with Crippen LogP contribution < -0.4 is 10.0 Å². The Morgan fingerprint density at radius 2 is 2.00 bits per heavy atom. The van der Waals surface area contributed by atoms with Crippen molar-refractivity contribution in [3.63, 3.8) is 0 Å². The van der Waals surface area contributed by atoms with Gasteiger partial charge in [-0.15, -0.1) is 0 Å². The van der Waals surface area contributed by atoms with E-state index in [4.69, 9.17) is 0 Å². The van der Waals surface area contributed by atoms with Crippen LogP contribution in [0, 0.1) is 6.92 Å². The van der Waals surface area contributed by atoms with E-state index in [9.17, 15) is 8.42 Å². The zero-order chi connectivity index (χ0) is 15.3. The Balaban J connectivity index is 1.92. The first-order chi connectivity index (χ1) is 10.0. The molecule has 112 valence electrons. The molecule has 5 nitrogen and oxygen atoms in total. The molecule has 2 N–H and O–H groups in total. The molecule has 0 bridgehead atoms. The van der Waals surface area contributed by atoms with Gasteiger partial charge in [0, 0.05) is 12.7 Å². The van der Waals surface area contributed by atoms with Crippen LogP contribution in [0.15, 0.2) is 47.5 Å². The van der Waals surface area contributed by atoms with Crippen LogP contribution in [0.1, 0.15) is 11.1 Å². The van der Waals surface area contributed by atoms with Gasteiger partial charge in [0.25, 0.3) is 0 Å². The summed E-state index contributed by atoms with van der Waals surface area (Å²) >= 11 is 0. The zero-order valence-electron chi connectivity index (χ0n) is 12.1. The number of sulfonamides is 1. The number of aromatic nitrogens is 1. The van der Waals surface area contributed by atoms with Crippen LogP contribution in [-0.2, 0) is 16.4 Å². The van der Waals surface area contributed by atoms with Crippen LogP contribution in [0.2, 0.25) is 0 Å². The van der Waals surface area contributed by atoms with Crippen molar-refractivity contribution in [3.8, 4) is 0 Å². The van der Waals surface area contributed by atoms with Gasteiger partial charge < -0.3 is 5.32 Å². The molecule has 0 radical (unpaired) electrons. The summed E-state index contributed by atoms with van der Waals surface area (Å²) in [6, 6.07) is 11.6. The third kappa shape index (κ3) is 4.27. The number of aryl methyl sites for hydroxylation is 1. The molecule has 0 amide bonds. The SMILES string of the molecule is CNS(=O)(=O)c1ccc(NCCc2cccc(C)c2)nc1. The van der Waals surface area contributed by atoms with Crippen molar-refractivity contribution < 1.29 is 8.42 Å². The molecule has 2 aromatic rings. The summed E-state index contributed by atoms with van der Waals surface area (Å²) in [7, 11) is -2.05. The molecule has 2 rings (SSSR count). The van der Waals surface area contributed by atoms with Gasteiger partial charge in [0.15, 0.2) is 0 Å². The zero-order valence-corrected chi connectivity index (χ0v) is 12.9. The summed E-state index contributed by atoms with van der Waals surface area (Å²) < 4.78 is 25.4. The Kier molecular flexibility index (Phi) is 4.93. The monoisotopic (exact) mass is 305 g/mol. The molecule has 1 aromatic heterocycles. The molecule has 0 spiro atoms. The summed E-state index contributed by atoms with van der Waals surface area (Å²) in [5.74, 6) is 0.665. The quantitative estimate of drug-likeness (QED) is 0.856. The standard InChI is InChI=1S/C15H19N3O2S/c1-12-4-3-5-13(10-12)8-9-17-15-7-6-14(11-18-15)21(19,20)16-2/h3-7,10-11,16H,8-9H2,1-2H3,(H,17,18). The maximum atomic E-state index is 11.6. The average molecular weight is 305 g/mol. The highest BCUT2D eigenvalue weighted by molar-refractivity contribution is 7.89. The smallest absolute Gasteiger partial charge is 0.241 e. The van der Waals surface area contributed by atoms with Crippen LogP contribution >= 0.6 is 0 Å². The molecule has 0 aliphatic heterocycles. The Morgan fingerprint density at radius 3 is 2.62 bits per heavy atom. The van der Waals surface area contributed by atoms with Crippen LogP contribution in [0.25, 0.3) is 0 Å². The molecular formula is C15H19N3O2S. The molecule has 0 aliphatic rings. The van der Waals surface area contributed by atoms with Crippen LogP contribution in [0.5, 0.6) is 0 Å². The van der Waals surface area contributed by atoms with Crippen LogP contribution in [0.3, 0.4) is 0 Å². The van der Waals surface area contributed by atoms with Crippen molar-refractivity contribution in [1.29, 1.82) is 0 Å². The number of pyridine rings is 1. The van der Waals surface area contributed by atoms with Crippen molar-refractivity contribution in [2.75, 3.05) is 18.9 Å². The molecule has 1 heterocycles. The fraction of sp³-hybridized carbons (Fsp3) is 0.267. The minimum Gasteiger partial charge on any atom is -0.370 e. The van der Waals surface area contributed by atoms with Crippen molar-refractivity contribution in [1.82, 2.24) is 9.71 Å². The molecule has 21 heavy (non-hydrogen) atoms. The topological polar surface area (TPSA) is 71.1 Å². The van der Waals surface area contributed by atoms with Gasteiger partial charge in [0.05, 0.1) is 0 Å². The Labute approximate surface area is 125 Å². The lowest BCUT2D eigenvalue weighted by Gasteiger charge is -2.07. The number of hydrogen-bond donors (Lipinski definition) is 2. The maximum absolute atomic E-state index is 11.6. The number of benzene rings is 1. The third-order valence-electron chi connectivity index (χ3n) is 3.12. The van der Waals surface area contributed by atoms with Crippen molar-refractivity contribution in [3.05, 3.63) is 53.7 Å². The maximum Gasteiger partial charge on any atom is 0.241 e. The molecule has 0 unspecified atom stereocenters. The number of hydrogen-bond acceptors (Lipinski definition) is 4. The molecule has 1 aromatic carbocycles. The van der Waals surface area contributed by atoms with E-state index in [1.807, 2.05) is 6.07 Å². The summed E-state index contributed by atoms with van der Waals surface area (Å²) in [6.07, 6.45) is 2.24. The summed E-state index contributed by atoms with van der Waals surface area (Å²) in [5, 5.41) is 3.18. The second-order valence-corrected chi connectivity index (χ2v) is 6.64. The lowest BCUT2D eigenvalue weighted by molar-refractivity contribution is 0.588. The van der Waals surface area contributed by atoms with E-state index in [1.165, 1.54) is 30.4 Å². The third-order valence-corrected chi connectivity index (χ3v) is 4.52. The lowest BCUT2D eigenvalue weighted by Crippen LogP contribution is -2.18. The van der Waals surface area contributed by atoms with Crippen LogP contribution in [-0.4, -0.2) is 27.0 Å². The Bertz CT molecular complexity index is 697. The van der Waals surface area contributed by atoms with E-state index in [0.717, 1.165) is 13.0 Å². The molecule has 0 aliphatic carbocycles. The van der Waals surface area contributed by atoms with E-state index in [-0.39, 0.29) is 4.90 Å². The minimum atomic E-state index is -3.42. The van der Waals surface area contributed by atoms with Gasteiger partial charge in [-0.25, -0.2) is 18.1 Å². The largest absolute Gasteiger partial charge is 0.370 e. The number of rotatable bonds is 6. The average Bonchev–Trinajstić information content (AvgIpc) is 2.48. The van der Waals surface area contributed by atoms with E-state index in [1.54, 1.807) is 6.07 Å². The highest BCUT2D eigenvalue weighted by Crippen LogP contribution is 2.10.